The van der Waals surface area contributed by atoms with Gasteiger partial charge in [0.2, 0.25) is 5.91 Å². The number of rotatable bonds is 6. The molecule has 6 nitrogen and oxygen atoms in total. The van der Waals surface area contributed by atoms with E-state index in [2.05, 4.69) is 10.2 Å². The van der Waals surface area contributed by atoms with Crippen molar-refractivity contribution in [2.75, 3.05) is 19.6 Å². The number of nitrogens with two attached hydrogens (primary N) is 1. The molecule has 0 aromatic carbocycles. The highest BCUT2D eigenvalue weighted by Crippen LogP contribution is 2.16. The lowest BCUT2D eigenvalue weighted by Crippen LogP contribution is -2.40. The van der Waals surface area contributed by atoms with Gasteiger partial charge in [0.1, 0.15) is 0 Å². The Morgan fingerprint density at radius 2 is 2.19 bits per heavy atom. The third-order valence-electron chi connectivity index (χ3n) is 2.84. The van der Waals surface area contributed by atoms with Gasteiger partial charge in [-0.15, -0.1) is 0 Å². The molecule has 0 aromatic heterocycles. The zero-order valence-corrected chi connectivity index (χ0v) is 9.32. The van der Waals surface area contributed by atoms with Gasteiger partial charge in [-0.25, -0.2) is 4.79 Å². The second kappa shape index (κ2) is 6.32. The van der Waals surface area contributed by atoms with Crippen molar-refractivity contribution in [3.63, 3.8) is 0 Å². The van der Waals surface area contributed by atoms with E-state index in [-0.39, 0.29) is 11.9 Å². The summed E-state index contributed by atoms with van der Waals surface area (Å²) in [6, 6.07) is -0.118. The fourth-order valence-electron chi connectivity index (χ4n) is 2.05. The molecule has 1 aliphatic rings. The topological polar surface area (TPSA) is 95.7 Å². The number of amides is 2. The van der Waals surface area contributed by atoms with Crippen molar-refractivity contribution in [3.8, 4) is 0 Å². The van der Waals surface area contributed by atoms with Gasteiger partial charge in [-0.2, -0.15) is 0 Å². The average Bonchev–Trinajstić information content (AvgIpc) is 2.65. The largest absolute Gasteiger partial charge is 0.465 e. The summed E-state index contributed by atoms with van der Waals surface area (Å²) in [5, 5.41) is 10.7. The van der Waals surface area contributed by atoms with E-state index in [1.54, 1.807) is 0 Å². The molecule has 1 saturated heterocycles. The van der Waals surface area contributed by atoms with Gasteiger partial charge in [0.05, 0.1) is 6.04 Å². The predicted molar refractivity (Wildman–Crippen MR) is 59.1 cm³/mol. The van der Waals surface area contributed by atoms with Crippen LogP contribution in [0.1, 0.15) is 25.7 Å². The highest BCUT2D eigenvalue weighted by molar-refractivity contribution is 5.80. The van der Waals surface area contributed by atoms with Crippen molar-refractivity contribution >= 4 is 12.0 Å². The minimum Gasteiger partial charge on any atom is -0.465 e. The molecule has 0 bridgehead atoms. The highest BCUT2D eigenvalue weighted by Gasteiger charge is 2.27. The smallest absolute Gasteiger partial charge is 0.404 e. The van der Waals surface area contributed by atoms with E-state index in [0.717, 1.165) is 38.8 Å². The second-order valence-electron chi connectivity index (χ2n) is 4.04. The van der Waals surface area contributed by atoms with Gasteiger partial charge in [0.25, 0.3) is 0 Å². The first kappa shape index (κ1) is 12.8. The summed E-state index contributed by atoms with van der Waals surface area (Å²) in [7, 11) is 0. The normalized spacial score (nSPS) is 20.9. The van der Waals surface area contributed by atoms with Crippen LogP contribution in [0.2, 0.25) is 0 Å². The number of nitrogens with zero attached hydrogens (tertiary/aromatic N) is 1. The molecule has 1 fully saturated rings. The Morgan fingerprint density at radius 1 is 1.44 bits per heavy atom. The zero-order valence-electron chi connectivity index (χ0n) is 9.32. The fraction of sp³-hybridized carbons (Fsp3) is 0.800. The fourth-order valence-corrected chi connectivity index (χ4v) is 2.05. The summed E-state index contributed by atoms with van der Waals surface area (Å²) in [6.45, 7) is 2.19. The lowest BCUT2D eigenvalue weighted by Gasteiger charge is -2.21. The summed E-state index contributed by atoms with van der Waals surface area (Å²) < 4.78 is 0. The Morgan fingerprint density at radius 3 is 2.81 bits per heavy atom. The molecule has 1 rings (SSSR count). The van der Waals surface area contributed by atoms with Gasteiger partial charge in [-0.05, 0) is 38.8 Å². The first-order valence-electron chi connectivity index (χ1n) is 5.61. The van der Waals surface area contributed by atoms with Gasteiger partial charge in [0, 0.05) is 6.54 Å². The molecule has 92 valence electrons. The summed E-state index contributed by atoms with van der Waals surface area (Å²) in [4.78, 5) is 23.3. The number of carbonyl (C=O) groups is 2. The van der Waals surface area contributed by atoms with Gasteiger partial charge in [0.15, 0.2) is 0 Å². The maximum Gasteiger partial charge on any atom is 0.404 e. The number of carboxylic acid groups (broad SMARTS) is 1. The van der Waals surface area contributed by atoms with E-state index in [0.29, 0.717) is 6.54 Å². The number of primary amides is 1. The number of carbonyl (C=O) groups excluding carboxylic acids is 1. The van der Waals surface area contributed by atoms with Crippen LogP contribution >= 0.6 is 0 Å². The first-order valence-corrected chi connectivity index (χ1v) is 5.61. The van der Waals surface area contributed by atoms with Crippen LogP contribution in [0.5, 0.6) is 0 Å². The Bertz CT molecular complexity index is 258. The van der Waals surface area contributed by atoms with Crippen molar-refractivity contribution in [2.45, 2.75) is 31.7 Å². The third-order valence-corrected chi connectivity index (χ3v) is 2.84. The Labute approximate surface area is 94.8 Å². The average molecular weight is 229 g/mol. The van der Waals surface area contributed by atoms with Crippen LogP contribution in [-0.2, 0) is 4.79 Å². The molecule has 1 unspecified atom stereocenters. The van der Waals surface area contributed by atoms with Gasteiger partial charge >= 0.3 is 6.09 Å². The molecule has 0 spiro atoms. The molecule has 0 aliphatic carbocycles. The number of hydrogen-bond acceptors (Lipinski definition) is 3. The maximum atomic E-state index is 11.1. The van der Waals surface area contributed by atoms with Crippen molar-refractivity contribution in [2.24, 2.45) is 5.73 Å². The van der Waals surface area contributed by atoms with E-state index >= 15 is 0 Å². The molecule has 0 aromatic rings. The van der Waals surface area contributed by atoms with Crippen molar-refractivity contribution < 1.29 is 14.7 Å². The molecule has 1 aliphatic heterocycles. The van der Waals surface area contributed by atoms with Crippen molar-refractivity contribution in [1.29, 1.82) is 0 Å². The number of hydrogen-bond donors (Lipinski definition) is 3. The van der Waals surface area contributed by atoms with Crippen LogP contribution in [0.15, 0.2) is 0 Å². The number of likely N-dealkylation sites (tertiary alicyclic amines) is 1. The quantitative estimate of drug-likeness (QED) is 0.558. The summed E-state index contributed by atoms with van der Waals surface area (Å²) >= 11 is 0. The predicted octanol–water partition coefficient (Wildman–Crippen LogP) is -0.0161. The SMILES string of the molecule is NC(=O)C1CCCN1CCCCNC(=O)O. The summed E-state index contributed by atoms with van der Waals surface area (Å²) in [5.41, 5.74) is 5.29. The lowest BCUT2D eigenvalue weighted by atomic mass is 10.2. The molecule has 1 heterocycles. The van der Waals surface area contributed by atoms with Gasteiger partial charge in [-0.1, -0.05) is 0 Å². The molecule has 1 atom stereocenters. The molecule has 0 radical (unpaired) electrons. The van der Waals surface area contributed by atoms with Crippen LogP contribution in [-0.4, -0.2) is 47.7 Å². The molecule has 16 heavy (non-hydrogen) atoms. The molecule has 6 heteroatoms. The zero-order chi connectivity index (χ0) is 12.0. The van der Waals surface area contributed by atoms with Crippen molar-refractivity contribution in [3.05, 3.63) is 0 Å². The van der Waals surface area contributed by atoms with Crippen LogP contribution in [0.3, 0.4) is 0 Å². The molecule has 0 saturated carbocycles. The Hall–Kier alpha value is -1.30. The molecule has 2 amide bonds. The maximum absolute atomic E-state index is 11.1. The lowest BCUT2D eigenvalue weighted by molar-refractivity contribution is -0.122. The van der Waals surface area contributed by atoms with E-state index in [1.165, 1.54) is 0 Å². The van der Waals surface area contributed by atoms with E-state index in [1.807, 2.05) is 0 Å². The van der Waals surface area contributed by atoms with Gasteiger partial charge in [-0.3, -0.25) is 9.69 Å². The van der Waals surface area contributed by atoms with Crippen molar-refractivity contribution in [1.82, 2.24) is 10.2 Å². The first-order chi connectivity index (χ1) is 7.61. The van der Waals surface area contributed by atoms with Crippen LogP contribution < -0.4 is 11.1 Å². The van der Waals surface area contributed by atoms with Crippen LogP contribution in [0.25, 0.3) is 0 Å². The Kier molecular flexibility index (Phi) is 5.04. The van der Waals surface area contributed by atoms with Crippen LogP contribution in [0, 0.1) is 0 Å². The summed E-state index contributed by atoms with van der Waals surface area (Å²) in [5.74, 6) is -0.249. The highest BCUT2D eigenvalue weighted by atomic mass is 16.4. The number of unbranched alkanes of at least 4 members (excludes halogenated alkanes) is 1. The minimum atomic E-state index is -0.990. The van der Waals surface area contributed by atoms with Crippen LogP contribution in [0.4, 0.5) is 4.79 Å². The van der Waals surface area contributed by atoms with E-state index in [9.17, 15) is 9.59 Å². The molecular weight excluding hydrogens is 210 g/mol. The minimum absolute atomic E-state index is 0.118. The van der Waals surface area contributed by atoms with E-state index in [4.69, 9.17) is 10.8 Å². The number of nitrogens with one attached hydrogen (secondary N) is 1. The van der Waals surface area contributed by atoms with Gasteiger partial charge < -0.3 is 16.2 Å². The third kappa shape index (κ3) is 4.06. The summed E-state index contributed by atoms with van der Waals surface area (Å²) in [6.07, 6.45) is 2.54. The second-order valence-corrected chi connectivity index (χ2v) is 4.04. The molecular formula is C10H19N3O3. The monoisotopic (exact) mass is 229 g/mol. The Balaban J connectivity index is 2.12. The van der Waals surface area contributed by atoms with E-state index < -0.39 is 6.09 Å². The standard InChI is InChI=1S/C10H19N3O3/c11-9(14)8-4-3-7-13(8)6-2-1-5-12-10(15)16/h8,12H,1-7H2,(H2,11,14)(H,15,16). The molecule has 4 N–H and O–H groups in total.